The lowest BCUT2D eigenvalue weighted by Gasteiger charge is -2.21. The van der Waals surface area contributed by atoms with Crippen molar-refractivity contribution in [2.45, 2.75) is 45.6 Å². The van der Waals surface area contributed by atoms with E-state index in [0.29, 0.717) is 29.8 Å². The Morgan fingerprint density at radius 2 is 1.97 bits per heavy atom. The maximum Gasteiger partial charge on any atom is 0.264 e. The molecule has 3 aromatic rings. The van der Waals surface area contributed by atoms with Crippen molar-refractivity contribution in [2.75, 3.05) is 13.7 Å². The first-order valence-electron chi connectivity index (χ1n) is 10.1. The molecule has 0 aromatic carbocycles. The van der Waals surface area contributed by atoms with Crippen molar-refractivity contribution in [3.8, 4) is 5.88 Å². The van der Waals surface area contributed by atoms with Gasteiger partial charge in [0, 0.05) is 26.0 Å². The van der Waals surface area contributed by atoms with Crippen LogP contribution in [0.15, 0.2) is 30.9 Å². The van der Waals surface area contributed by atoms with E-state index in [2.05, 4.69) is 15.0 Å². The zero-order valence-electron chi connectivity index (χ0n) is 16.9. The molecule has 29 heavy (non-hydrogen) atoms. The van der Waals surface area contributed by atoms with Crippen LogP contribution in [-0.4, -0.2) is 39.4 Å². The summed E-state index contributed by atoms with van der Waals surface area (Å²) in [5.74, 6) is 1.19. The lowest BCUT2D eigenvalue weighted by atomic mass is 9.90. The number of hydrogen-bond acceptors (Lipinski definition) is 6. The minimum atomic E-state index is -0.0134. The van der Waals surface area contributed by atoms with Gasteiger partial charge < -0.3 is 9.64 Å². The zero-order valence-corrected chi connectivity index (χ0v) is 17.7. The summed E-state index contributed by atoms with van der Waals surface area (Å²) in [6.45, 7) is 3.18. The van der Waals surface area contributed by atoms with E-state index < -0.39 is 0 Å². The quantitative estimate of drug-likeness (QED) is 0.593. The van der Waals surface area contributed by atoms with Crippen molar-refractivity contribution in [2.24, 2.45) is 5.92 Å². The molecular formula is C22H26N4O2S. The van der Waals surface area contributed by atoms with Gasteiger partial charge in [0.25, 0.3) is 5.91 Å². The lowest BCUT2D eigenvalue weighted by molar-refractivity contribution is 0.0789. The first-order chi connectivity index (χ1) is 14.1. The van der Waals surface area contributed by atoms with Gasteiger partial charge in [-0.15, -0.1) is 11.3 Å². The fraction of sp³-hybridized carbons (Fsp3) is 0.455. The van der Waals surface area contributed by atoms with Crippen LogP contribution in [-0.2, 0) is 6.54 Å². The molecule has 0 unspecified atom stereocenters. The molecule has 0 radical (unpaired) electrons. The second-order valence-corrected chi connectivity index (χ2v) is 8.75. The first-order valence-corrected chi connectivity index (χ1v) is 11.0. The number of carbonyl (C=O) groups is 1. The summed E-state index contributed by atoms with van der Waals surface area (Å²) in [6.07, 6.45) is 11.4. The molecule has 1 saturated carbocycles. The van der Waals surface area contributed by atoms with Crippen molar-refractivity contribution in [3.63, 3.8) is 0 Å². The number of pyridine rings is 1. The Labute approximate surface area is 175 Å². The molecule has 152 valence electrons. The fourth-order valence-corrected chi connectivity index (χ4v) is 5.04. The van der Waals surface area contributed by atoms with Gasteiger partial charge in [-0.3, -0.25) is 9.78 Å². The summed E-state index contributed by atoms with van der Waals surface area (Å²) in [6, 6.07) is 3.84. The first kappa shape index (κ1) is 19.8. The van der Waals surface area contributed by atoms with E-state index in [1.807, 2.05) is 26.1 Å². The van der Waals surface area contributed by atoms with Crippen LogP contribution in [0.3, 0.4) is 0 Å². The Hall–Kier alpha value is -2.54. The van der Waals surface area contributed by atoms with Crippen molar-refractivity contribution in [3.05, 3.63) is 46.9 Å². The molecular weight excluding hydrogens is 384 g/mol. The van der Waals surface area contributed by atoms with E-state index in [4.69, 9.17) is 4.74 Å². The predicted molar refractivity (Wildman–Crippen MR) is 114 cm³/mol. The largest absolute Gasteiger partial charge is 0.477 e. The number of ether oxygens (including phenoxy) is 1. The van der Waals surface area contributed by atoms with Gasteiger partial charge in [0.2, 0.25) is 5.88 Å². The summed E-state index contributed by atoms with van der Waals surface area (Å²) in [7, 11) is 1.82. The van der Waals surface area contributed by atoms with Crippen molar-refractivity contribution in [1.29, 1.82) is 0 Å². The van der Waals surface area contributed by atoms with Crippen molar-refractivity contribution >= 4 is 27.5 Å². The number of aryl methyl sites for hydroxylation is 1. The molecule has 0 saturated heterocycles. The maximum atomic E-state index is 13.1. The van der Waals surface area contributed by atoms with E-state index >= 15 is 0 Å². The summed E-state index contributed by atoms with van der Waals surface area (Å²) < 4.78 is 6.11. The third-order valence-corrected chi connectivity index (χ3v) is 6.77. The monoisotopic (exact) mass is 410 g/mol. The summed E-state index contributed by atoms with van der Waals surface area (Å²) in [5.41, 5.74) is 1.95. The third kappa shape index (κ3) is 4.40. The topological polar surface area (TPSA) is 68.2 Å². The highest BCUT2D eigenvalue weighted by Crippen LogP contribution is 2.35. The Bertz CT molecular complexity index is 983. The van der Waals surface area contributed by atoms with Gasteiger partial charge in [0.05, 0.1) is 16.9 Å². The summed E-state index contributed by atoms with van der Waals surface area (Å²) >= 11 is 1.41. The molecule has 4 rings (SSSR count). The van der Waals surface area contributed by atoms with Crippen molar-refractivity contribution in [1.82, 2.24) is 19.9 Å². The fourth-order valence-electron chi connectivity index (χ4n) is 3.91. The highest BCUT2D eigenvalue weighted by Gasteiger charge is 2.23. The van der Waals surface area contributed by atoms with Crippen molar-refractivity contribution < 1.29 is 9.53 Å². The van der Waals surface area contributed by atoms with Gasteiger partial charge in [-0.05, 0) is 48.9 Å². The molecule has 6 nitrogen and oxygen atoms in total. The van der Waals surface area contributed by atoms with Gasteiger partial charge in [-0.2, -0.15) is 0 Å². The van der Waals surface area contributed by atoms with Gasteiger partial charge in [0.15, 0.2) is 0 Å². The Balaban J connectivity index is 1.54. The van der Waals surface area contributed by atoms with Crippen LogP contribution in [0.1, 0.15) is 52.9 Å². The van der Waals surface area contributed by atoms with Crippen LogP contribution in [0, 0.1) is 12.8 Å². The Morgan fingerprint density at radius 3 is 2.72 bits per heavy atom. The normalized spacial score (nSPS) is 14.8. The number of carbonyl (C=O) groups excluding carboxylic acids is 1. The molecule has 1 aliphatic rings. The molecule has 1 fully saturated rings. The molecule has 0 atom stereocenters. The molecule has 0 spiro atoms. The highest BCUT2D eigenvalue weighted by atomic mass is 32.1. The molecule has 7 heteroatoms. The van der Waals surface area contributed by atoms with Crippen LogP contribution in [0.4, 0.5) is 0 Å². The number of nitrogens with zero attached hydrogens (tertiary/aromatic N) is 4. The third-order valence-electron chi connectivity index (χ3n) is 5.58. The molecule has 3 aromatic heterocycles. The zero-order chi connectivity index (χ0) is 20.2. The van der Waals surface area contributed by atoms with Crippen LogP contribution in [0.5, 0.6) is 5.88 Å². The number of fused-ring (bicyclic) bond motifs is 1. The molecule has 3 heterocycles. The molecule has 0 N–H and O–H groups in total. The van der Waals surface area contributed by atoms with E-state index in [0.717, 1.165) is 21.3 Å². The number of thiophene rings is 1. The number of amides is 1. The van der Waals surface area contributed by atoms with E-state index in [-0.39, 0.29) is 5.91 Å². The Morgan fingerprint density at radius 1 is 1.21 bits per heavy atom. The van der Waals surface area contributed by atoms with Crippen LogP contribution >= 0.6 is 11.3 Å². The minimum Gasteiger partial charge on any atom is -0.477 e. The lowest BCUT2D eigenvalue weighted by Crippen LogP contribution is -2.25. The van der Waals surface area contributed by atoms with Gasteiger partial charge in [-0.25, -0.2) is 9.97 Å². The van der Waals surface area contributed by atoms with E-state index in [1.54, 1.807) is 17.3 Å². The smallest absolute Gasteiger partial charge is 0.264 e. The van der Waals surface area contributed by atoms with Gasteiger partial charge in [0.1, 0.15) is 11.2 Å². The van der Waals surface area contributed by atoms with Gasteiger partial charge >= 0.3 is 0 Å². The average Bonchev–Trinajstić information content (AvgIpc) is 3.10. The van der Waals surface area contributed by atoms with E-state index in [1.165, 1.54) is 49.8 Å². The standard InChI is InChI=1S/C22H26N4O2S/c1-15-18-20(28-13-17-6-4-3-5-7-17)24-14-25-21(18)29-19(15)22(27)26(2)12-16-8-10-23-11-9-16/h8-11,14,17H,3-7,12-13H2,1-2H3. The van der Waals surface area contributed by atoms with Crippen LogP contribution < -0.4 is 4.74 Å². The maximum absolute atomic E-state index is 13.1. The number of aromatic nitrogens is 3. The number of hydrogen-bond donors (Lipinski definition) is 0. The second kappa shape index (κ2) is 8.86. The summed E-state index contributed by atoms with van der Waals surface area (Å²) in [4.78, 5) is 29.1. The molecule has 0 aliphatic heterocycles. The van der Waals surface area contributed by atoms with E-state index in [9.17, 15) is 4.79 Å². The predicted octanol–water partition coefficient (Wildman–Crippen LogP) is 4.63. The highest BCUT2D eigenvalue weighted by molar-refractivity contribution is 7.20. The molecule has 1 amide bonds. The van der Waals surface area contributed by atoms with Crippen LogP contribution in [0.25, 0.3) is 10.2 Å². The molecule has 0 bridgehead atoms. The molecule has 1 aliphatic carbocycles. The number of rotatable bonds is 6. The minimum absolute atomic E-state index is 0.0134. The second-order valence-electron chi connectivity index (χ2n) is 7.75. The summed E-state index contributed by atoms with van der Waals surface area (Å²) in [5, 5.41) is 0.869. The van der Waals surface area contributed by atoms with Crippen LogP contribution in [0.2, 0.25) is 0 Å². The van der Waals surface area contributed by atoms with Gasteiger partial charge in [-0.1, -0.05) is 19.3 Å². The SMILES string of the molecule is Cc1c(C(=O)N(C)Cc2ccncc2)sc2ncnc(OCC3CCCCC3)c12. The Kier molecular flexibility index (Phi) is 6.04. The average molecular weight is 411 g/mol.